The molecule has 1 aromatic rings. The molecular formula is C18H27Cl2N3O2. The lowest BCUT2D eigenvalue weighted by atomic mass is 9.81. The minimum Gasteiger partial charge on any atom is -0.395 e. The first-order valence-electron chi connectivity index (χ1n) is 8.51. The molecule has 140 valence electrons. The van der Waals surface area contributed by atoms with E-state index in [2.05, 4.69) is 47.6 Å². The lowest BCUT2D eigenvalue weighted by molar-refractivity contribution is -0.147. The minimum atomic E-state index is -0.563. The molecule has 4 rings (SSSR count). The van der Waals surface area contributed by atoms with Gasteiger partial charge in [-0.25, -0.2) is 0 Å². The van der Waals surface area contributed by atoms with Crippen LogP contribution in [0.2, 0.25) is 0 Å². The van der Waals surface area contributed by atoms with Crippen molar-refractivity contribution in [2.45, 2.75) is 6.04 Å². The Morgan fingerprint density at radius 1 is 1.20 bits per heavy atom. The van der Waals surface area contributed by atoms with Gasteiger partial charge in [-0.1, -0.05) is 30.3 Å². The van der Waals surface area contributed by atoms with Crippen molar-refractivity contribution < 1.29 is 9.90 Å². The van der Waals surface area contributed by atoms with E-state index in [0.717, 1.165) is 19.6 Å². The summed E-state index contributed by atoms with van der Waals surface area (Å²) in [7, 11) is 2.19. The maximum atomic E-state index is 12.8. The van der Waals surface area contributed by atoms with Gasteiger partial charge in [0, 0.05) is 44.7 Å². The highest BCUT2D eigenvalue weighted by Gasteiger charge is 2.52. The largest absolute Gasteiger partial charge is 0.395 e. The number of rotatable bonds is 3. The Labute approximate surface area is 161 Å². The lowest BCUT2D eigenvalue weighted by Gasteiger charge is -2.42. The monoisotopic (exact) mass is 387 g/mol. The number of aliphatic hydroxyl groups excluding tert-OH is 1. The zero-order valence-corrected chi connectivity index (χ0v) is 16.1. The van der Waals surface area contributed by atoms with Crippen molar-refractivity contribution in [2.75, 3.05) is 46.4 Å². The summed E-state index contributed by atoms with van der Waals surface area (Å²) in [5.41, 5.74) is 0.784. The van der Waals surface area contributed by atoms with Crippen LogP contribution in [0, 0.1) is 17.3 Å². The fourth-order valence-electron chi connectivity index (χ4n) is 4.67. The first-order chi connectivity index (χ1) is 11.1. The first kappa shape index (κ1) is 20.5. The molecule has 3 heterocycles. The van der Waals surface area contributed by atoms with Crippen LogP contribution in [-0.4, -0.2) is 67.2 Å². The van der Waals surface area contributed by atoms with E-state index < -0.39 is 5.41 Å². The van der Waals surface area contributed by atoms with E-state index in [9.17, 15) is 9.90 Å². The second kappa shape index (κ2) is 7.80. The van der Waals surface area contributed by atoms with Gasteiger partial charge in [0.25, 0.3) is 0 Å². The second-order valence-corrected chi connectivity index (χ2v) is 7.47. The van der Waals surface area contributed by atoms with Gasteiger partial charge in [0.2, 0.25) is 5.91 Å². The van der Waals surface area contributed by atoms with Gasteiger partial charge < -0.3 is 15.3 Å². The van der Waals surface area contributed by atoms with Crippen LogP contribution in [0.4, 0.5) is 0 Å². The maximum Gasteiger partial charge on any atom is 0.233 e. The molecule has 1 aromatic carbocycles. The average Bonchev–Trinajstić information content (AvgIpc) is 3.04. The molecule has 0 spiro atoms. The predicted octanol–water partition coefficient (Wildman–Crippen LogP) is 1.17. The standard InChI is InChI=1S/C18H25N3O2.2ClH/c1-20-7-14-8-21(17(23)18(12-22)10-19-11-18)9-15(14)16(20)13-5-3-2-4-6-13;;/h2-6,14-16,19,22H,7-12H2,1H3;2*1H/t14-,15+,16-;;/m0../s1. The summed E-state index contributed by atoms with van der Waals surface area (Å²) in [5.74, 6) is 1.18. The molecule has 0 radical (unpaired) electrons. The molecule has 0 bridgehead atoms. The summed E-state index contributed by atoms with van der Waals surface area (Å²) in [6, 6.07) is 11.0. The van der Waals surface area contributed by atoms with Gasteiger partial charge in [0.05, 0.1) is 12.0 Å². The number of benzene rings is 1. The Morgan fingerprint density at radius 3 is 2.44 bits per heavy atom. The fourth-order valence-corrected chi connectivity index (χ4v) is 4.67. The third-order valence-electron chi connectivity index (χ3n) is 6.01. The number of amides is 1. The third-order valence-corrected chi connectivity index (χ3v) is 6.01. The molecule has 0 aromatic heterocycles. The summed E-state index contributed by atoms with van der Waals surface area (Å²) in [5, 5.41) is 12.8. The number of likely N-dealkylation sites (tertiary alicyclic amines) is 2. The molecule has 5 nitrogen and oxygen atoms in total. The summed E-state index contributed by atoms with van der Waals surface area (Å²) in [4.78, 5) is 17.3. The molecule has 3 atom stereocenters. The Bertz CT molecular complexity index is 592. The van der Waals surface area contributed by atoms with Crippen molar-refractivity contribution in [1.29, 1.82) is 0 Å². The molecule has 7 heteroatoms. The van der Waals surface area contributed by atoms with Crippen molar-refractivity contribution >= 4 is 30.7 Å². The zero-order valence-electron chi connectivity index (χ0n) is 14.4. The van der Waals surface area contributed by atoms with Crippen LogP contribution in [0.3, 0.4) is 0 Å². The summed E-state index contributed by atoms with van der Waals surface area (Å²) >= 11 is 0. The zero-order chi connectivity index (χ0) is 16.0. The molecule has 3 aliphatic heterocycles. The van der Waals surface area contributed by atoms with Crippen LogP contribution in [-0.2, 0) is 4.79 Å². The molecule has 0 saturated carbocycles. The maximum absolute atomic E-state index is 12.8. The molecule has 3 saturated heterocycles. The summed E-state index contributed by atoms with van der Waals surface area (Å²) in [6.07, 6.45) is 0. The normalized spacial score (nSPS) is 30.0. The summed E-state index contributed by atoms with van der Waals surface area (Å²) < 4.78 is 0. The van der Waals surface area contributed by atoms with Crippen LogP contribution in [0.25, 0.3) is 0 Å². The minimum absolute atomic E-state index is 0. The molecule has 0 unspecified atom stereocenters. The van der Waals surface area contributed by atoms with Gasteiger partial charge in [0.1, 0.15) is 0 Å². The van der Waals surface area contributed by atoms with Crippen LogP contribution in [0.15, 0.2) is 30.3 Å². The molecule has 25 heavy (non-hydrogen) atoms. The number of aliphatic hydroxyl groups is 1. The third kappa shape index (κ3) is 3.28. The number of nitrogens with one attached hydrogen (secondary N) is 1. The van der Waals surface area contributed by atoms with Gasteiger partial charge in [-0.15, -0.1) is 24.8 Å². The number of fused-ring (bicyclic) bond motifs is 1. The van der Waals surface area contributed by atoms with Gasteiger partial charge in [-0.05, 0) is 18.5 Å². The molecule has 3 fully saturated rings. The number of nitrogens with zero attached hydrogens (tertiary/aromatic N) is 2. The van der Waals surface area contributed by atoms with Crippen LogP contribution in [0.1, 0.15) is 11.6 Å². The first-order valence-corrected chi connectivity index (χ1v) is 8.51. The van der Waals surface area contributed by atoms with Gasteiger partial charge in [-0.2, -0.15) is 0 Å². The van der Waals surface area contributed by atoms with Crippen LogP contribution < -0.4 is 5.32 Å². The number of carbonyl (C=O) groups excluding carboxylic acids is 1. The van der Waals surface area contributed by atoms with E-state index in [1.807, 2.05) is 4.90 Å². The van der Waals surface area contributed by atoms with Crippen LogP contribution in [0.5, 0.6) is 0 Å². The quantitative estimate of drug-likeness (QED) is 0.817. The smallest absolute Gasteiger partial charge is 0.233 e. The Balaban J connectivity index is 0.00000113. The fraction of sp³-hybridized carbons (Fsp3) is 0.611. The van der Waals surface area contributed by atoms with E-state index in [1.54, 1.807) is 0 Å². The van der Waals surface area contributed by atoms with Crippen molar-refractivity contribution in [1.82, 2.24) is 15.1 Å². The number of hydrogen-bond acceptors (Lipinski definition) is 4. The van der Waals surface area contributed by atoms with Gasteiger partial charge in [-0.3, -0.25) is 9.69 Å². The van der Waals surface area contributed by atoms with Crippen molar-refractivity contribution in [2.24, 2.45) is 17.3 Å². The van der Waals surface area contributed by atoms with E-state index in [4.69, 9.17) is 0 Å². The number of hydrogen-bond donors (Lipinski definition) is 2. The number of halogens is 2. The second-order valence-electron chi connectivity index (χ2n) is 7.47. The Kier molecular flexibility index (Phi) is 6.39. The van der Waals surface area contributed by atoms with E-state index >= 15 is 0 Å². The van der Waals surface area contributed by atoms with Crippen molar-refractivity contribution in [3.05, 3.63) is 35.9 Å². The lowest BCUT2D eigenvalue weighted by Crippen LogP contribution is -2.63. The summed E-state index contributed by atoms with van der Waals surface area (Å²) in [6.45, 7) is 3.85. The number of carbonyl (C=O) groups is 1. The molecule has 1 amide bonds. The molecule has 3 aliphatic rings. The molecule has 0 aliphatic carbocycles. The highest BCUT2D eigenvalue weighted by molar-refractivity contribution is 5.86. The van der Waals surface area contributed by atoms with Crippen LogP contribution >= 0.6 is 24.8 Å². The van der Waals surface area contributed by atoms with E-state index in [1.165, 1.54) is 5.56 Å². The molecule has 2 N–H and O–H groups in total. The van der Waals surface area contributed by atoms with Crippen molar-refractivity contribution in [3.63, 3.8) is 0 Å². The highest BCUT2D eigenvalue weighted by Crippen LogP contribution is 2.44. The Morgan fingerprint density at radius 2 is 1.88 bits per heavy atom. The molecular weight excluding hydrogens is 361 g/mol. The van der Waals surface area contributed by atoms with E-state index in [0.29, 0.717) is 31.0 Å². The van der Waals surface area contributed by atoms with Crippen molar-refractivity contribution in [3.8, 4) is 0 Å². The topological polar surface area (TPSA) is 55.8 Å². The Hall–Kier alpha value is -0.850. The van der Waals surface area contributed by atoms with Gasteiger partial charge >= 0.3 is 0 Å². The predicted molar refractivity (Wildman–Crippen MR) is 102 cm³/mol. The van der Waals surface area contributed by atoms with Gasteiger partial charge in [0.15, 0.2) is 0 Å². The SMILES string of the molecule is CN1C[C@H]2CN(C(=O)C3(CO)CNC3)C[C@H]2[C@@H]1c1ccccc1.Cl.Cl. The van der Waals surface area contributed by atoms with E-state index in [-0.39, 0.29) is 37.3 Å². The highest BCUT2D eigenvalue weighted by atomic mass is 35.5. The average molecular weight is 388 g/mol.